The highest BCUT2D eigenvalue weighted by molar-refractivity contribution is 6.12. The van der Waals surface area contributed by atoms with E-state index in [-0.39, 0.29) is 23.0 Å². The number of hydrogen-bond donors (Lipinski definition) is 1. The van der Waals surface area contributed by atoms with E-state index in [9.17, 15) is 9.59 Å². The number of anilines is 2. The van der Waals surface area contributed by atoms with Crippen molar-refractivity contribution in [2.24, 2.45) is 0 Å². The molecule has 5 nitrogen and oxygen atoms in total. The van der Waals surface area contributed by atoms with Gasteiger partial charge in [0.2, 0.25) is 0 Å². The fourth-order valence-corrected chi connectivity index (χ4v) is 6.13. The Labute approximate surface area is 247 Å². The molecule has 0 saturated heterocycles. The van der Waals surface area contributed by atoms with Crippen molar-refractivity contribution in [2.45, 2.75) is 51.0 Å². The zero-order valence-corrected chi connectivity index (χ0v) is 24.6. The summed E-state index contributed by atoms with van der Waals surface area (Å²) in [5.41, 5.74) is 6.84. The summed E-state index contributed by atoms with van der Waals surface area (Å²) in [5.74, 6) is 0.708. The van der Waals surface area contributed by atoms with Crippen LogP contribution in [0.1, 0.15) is 72.6 Å². The van der Waals surface area contributed by atoms with E-state index in [1.165, 1.54) is 5.56 Å². The van der Waals surface area contributed by atoms with Crippen LogP contribution in [0.3, 0.4) is 0 Å². The van der Waals surface area contributed by atoms with Crippen molar-refractivity contribution in [1.29, 1.82) is 0 Å². The number of nitrogens with zero attached hydrogens (tertiary/aromatic N) is 1. The van der Waals surface area contributed by atoms with Crippen LogP contribution >= 0.6 is 0 Å². The molecule has 0 radical (unpaired) electrons. The van der Waals surface area contributed by atoms with Gasteiger partial charge in [-0.15, -0.1) is 0 Å². The van der Waals surface area contributed by atoms with Crippen molar-refractivity contribution in [3.63, 3.8) is 0 Å². The molecule has 1 aliphatic heterocycles. The summed E-state index contributed by atoms with van der Waals surface area (Å²) in [6, 6.07) is 33.0. The van der Waals surface area contributed by atoms with E-state index in [0.717, 1.165) is 33.9 Å². The number of nitrogens with one attached hydrogen (secondary N) is 1. The van der Waals surface area contributed by atoms with Crippen LogP contribution in [0.25, 0.3) is 0 Å². The molecule has 4 aromatic carbocycles. The molecule has 212 valence electrons. The number of amides is 1. The summed E-state index contributed by atoms with van der Waals surface area (Å²) < 4.78 is 5.36. The van der Waals surface area contributed by atoms with Crippen molar-refractivity contribution in [3.05, 3.63) is 137 Å². The molecule has 2 aliphatic rings. The van der Waals surface area contributed by atoms with Crippen LogP contribution in [0.5, 0.6) is 5.75 Å². The first-order valence-corrected chi connectivity index (χ1v) is 14.5. The van der Waals surface area contributed by atoms with Crippen molar-refractivity contribution >= 4 is 23.1 Å². The average molecular weight is 557 g/mol. The second-order valence-electron chi connectivity index (χ2n) is 12.2. The van der Waals surface area contributed by atoms with Gasteiger partial charge in [0.25, 0.3) is 5.91 Å². The molecule has 5 heteroatoms. The first-order valence-electron chi connectivity index (χ1n) is 14.5. The predicted octanol–water partition coefficient (Wildman–Crippen LogP) is 8.21. The number of benzene rings is 4. The Bertz CT molecular complexity index is 1650. The number of rotatable bonds is 4. The molecule has 0 saturated carbocycles. The molecule has 0 fully saturated rings. The number of hydrogen-bond acceptors (Lipinski definition) is 4. The lowest BCUT2D eigenvalue weighted by molar-refractivity contribution is -0.116. The molecule has 0 spiro atoms. The average Bonchev–Trinajstić information content (AvgIpc) is 3.15. The first-order chi connectivity index (χ1) is 20.2. The van der Waals surface area contributed by atoms with E-state index in [2.05, 4.69) is 50.4 Å². The van der Waals surface area contributed by atoms with Gasteiger partial charge in [0.1, 0.15) is 5.75 Å². The maximum atomic E-state index is 14.4. The lowest BCUT2D eigenvalue weighted by Crippen LogP contribution is -2.38. The van der Waals surface area contributed by atoms with Gasteiger partial charge in [-0.3, -0.25) is 14.5 Å². The van der Waals surface area contributed by atoms with Crippen LogP contribution in [-0.2, 0) is 10.2 Å². The molecular formula is C37H36N2O3. The number of methoxy groups -OCH3 is 1. The van der Waals surface area contributed by atoms with Crippen LogP contribution in [0, 0.1) is 0 Å². The summed E-state index contributed by atoms with van der Waals surface area (Å²) in [4.78, 5) is 30.5. The third kappa shape index (κ3) is 5.11. The van der Waals surface area contributed by atoms with Gasteiger partial charge in [-0.2, -0.15) is 0 Å². The standard InChI is InChI=1S/C37H36N2O3/c1-37(2,3)28-18-14-25(15-19-28)35-34-31(22-27(23-33(34)40)24-16-20-29(42-4)21-17-24)38-30-12-8-9-13-32(30)39(35)36(41)26-10-6-5-7-11-26/h5-21,27,35,38H,22-23H2,1-4H3/t27-,35+/m1/s1. The van der Waals surface area contributed by atoms with Crippen molar-refractivity contribution in [3.8, 4) is 5.75 Å². The SMILES string of the molecule is COc1ccc([C@H]2CC(=O)C3=C(C2)Nc2ccccc2N(C(=O)c2ccccc2)[C@H]3c2ccc(C(C)(C)C)cc2)cc1. The minimum atomic E-state index is -0.581. The number of allylic oxidation sites excluding steroid dienone is 1. The second kappa shape index (κ2) is 11.0. The molecular weight excluding hydrogens is 520 g/mol. The fourth-order valence-electron chi connectivity index (χ4n) is 6.13. The van der Waals surface area contributed by atoms with Gasteiger partial charge in [-0.05, 0) is 70.8 Å². The number of Topliss-reactive ketones (excluding diaryl/α,β-unsaturated/α-hetero) is 1. The minimum Gasteiger partial charge on any atom is -0.497 e. The van der Waals surface area contributed by atoms with E-state index in [1.54, 1.807) is 7.11 Å². The number of para-hydroxylation sites is 2. The van der Waals surface area contributed by atoms with Gasteiger partial charge in [-0.25, -0.2) is 0 Å². The van der Waals surface area contributed by atoms with Crippen LogP contribution in [0.4, 0.5) is 11.4 Å². The molecule has 4 aromatic rings. The van der Waals surface area contributed by atoms with Crippen molar-refractivity contribution in [2.75, 3.05) is 17.3 Å². The lowest BCUT2D eigenvalue weighted by atomic mass is 9.77. The van der Waals surface area contributed by atoms with Gasteiger partial charge in [0.05, 0.1) is 24.5 Å². The Hall–Kier alpha value is -4.64. The highest BCUT2D eigenvalue weighted by atomic mass is 16.5. The van der Waals surface area contributed by atoms with E-state index in [4.69, 9.17) is 4.74 Å². The second-order valence-corrected chi connectivity index (χ2v) is 12.2. The highest BCUT2D eigenvalue weighted by Gasteiger charge is 2.42. The normalized spacial score (nSPS) is 18.5. The van der Waals surface area contributed by atoms with E-state index < -0.39 is 6.04 Å². The number of fused-ring (bicyclic) bond motifs is 1. The molecule has 1 heterocycles. The fraction of sp³-hybridized carbons (Fsp3) is 0.243. The molecule has 1 aliphatic carbocycles. The first kappa shape index (κ1) is 27.5. The lowest BCUT2D eigenvalue weighted by Gasteiger charge is -2.35. The zero-order chi connectivity index (χ0) is 29.4. The van der Waals surface area contributed by atoms with Crippen LogP contribution < -0.4 is 15.0 Å². The summed E-state index contributed by atoms with van der Waals surface area (Å²) in [5, 5.41) is 3.63. The molecule has 0 aromatic heterocycles. The Morgan fingerprint density at radius 2 is 1.45 bits per heavy atom. The predicted molar refractivity (Wildman–Crippen MR) is 168 cm³/mol. The molecule has 1 amide bonds. The summed E-state index contributed by atoms with van der Waals surface area (Å²) in [7, 11) is 1.65. The maximum absolute atomic E-state index is 14.4. The smallest absolute Gasteiger partial charge is 0.259 e. The van der Waals surface area contributed by atoms with E-state index in [0.29, 0.717) is 24.0 Å². The Morgan fingerprint density at radius 3 is 2.12 bits per heavy atom. The quantitative estimate of drug-likeness (QED) is 0.275. The zero-order valence-electron chi connectivity index (χ0n) is 24.6. The molecule has 1 N–H and O–H groups in total. The largest absolute Gasteiger partial charge is 0.497 e. The molecule has 6 rings (SSSR count). The van der Waals surface area contributed by atoms with Crippen LogP contribution in [0.15, 0.2) is 114 Å². The maximum Gasteiger partial charge on any atom is 0.259 e. The van der Waals surface area contributed by atoms with Crippen LogP contribution in [0.2, 0.25) is 0 Å². The Kier molecular flexibility index (Phi) is 7.19. The van der Waals surface area contributed by atoms with Gasteiger partial charge in [0, 0.05) is 23.3 Å². The van der Waals surface area contributed by atoms with Gasteiger partial charge >= 0.3 is 0 Å². The monoisotopic (exact) mass is 556 g/mol. The number of ketones is 1. The summed E-state index contributed by atoms with van der Waals surface area (Å²) in [6.45, 7) is 6.55. The Morgan fingerprint density at radius 1 is 0.810 bits per heavy atom. The highest BCUT2D eigenvalue weighted by Crippen LogP contribution is 2.48. The number of carbonyl (C=O) groups is 2. The molecule has 42 heavy (non-hydrogen) atoms. The third-order valence-corrected chi connectivity index (χ3v) is 8.41. The Balaban J connectivity index is 1.53. The van der Waals surface area contributed by atoms with Crippen molar-refractivity contribution in [1.82, 2.24) is 0 Å². The van der Waals surface area contributed by atoms with Gasteiger partial charge in [0.15, 0.2) is 5.78 Å². The molecule has 2 atom stereocenters. The van der Waals surface area contributed by atoms with Crippen LogP contribution in [-0.4, -0.2) is 18.8 Å². The molecule has 0 unspecified atom stereocenters. The number of ether oxygens (including phenoxy) is 1. The minimum absolute atomic E-state index is 0.0158. The van der Waals surface area contributed by atoms with Gasteiger partial charge in [-0.1, -0.05) is 87.5 Å². The third-order valence-electron chi connectivity index (χ3n) is 8.41. The van der Waals surface area contributed by atoms with Gasteiger partial charge < -0.3 is 10.1 Å². The summed E-state index contributed by atoms with van der Waals surface area (Å²) >= 11 is 0. The molecule has 0 bridgehead atoms. The number of carbonyl (C=O) groups excluding carboxylic acids is 2. The van der Waals surface area contributed by atoms with E-state index in [1.807, 2.05) is 83.8 Å². The summed E-state index contributed by atoms with van der Waals surface area (Å²) in [6.07, 6.45) is 1.03. The topological polar surface area (TPSA) is 58.6 Å². The van der Waals surface area contributed by atoms with Crippen molar-refractivity contribution < 1.29 is 14.3 Å². The van der Waals surface area contributed by atoms with E-state index >= 15 is 0 Å².